The molecule has 4 aromatic rings. The highest BCUT2D eigenvalue weighted by atomic mass is 16.5. The second-order valence-electron chi connectivity index (χ2n) is 15.5. The van der Waals surface area contributed by atoms with E-state index in [0.717, 1.165) is 73.7 Å². The van der Waals surface area contributed by atoms with Crippen molar-refractivity contribution in [3.63, 3.8) is 0 Å². The molecule has 4 aromatic carbocycles. The molecule has 0 amide bonds. The molecule has 2 fully saturated rings. The zero-order valence-corrected chi connectivity index (χ0v) is 32.7. The van der Waals surface area contributed by atoms with Crippen LogP contribution in [-0.2, 0) is 29.1 Å². The average Bonchev–Trinajstić information content (AvgIpc) is 3.20. The Morgan fingerprint density at radius 3 is 1.54 bits per heavy atom. The molecule has 5 heteroatoms. The molecule has 0 atom stereocenters. The molecule has 0 spiro atoms. The Balaban J connectivity index is 1.01. The molecule has 2 saturated carbocycles. The van der Waals surface area contributed by atoms with Crippen LogP contribution < -0.4 is 14.2 Å². The molecule has 0 unspecified atom stereocenters. The fourth-order valence-electron chi connectivity index (χ4n) is 7.26. The smallest absolute Gasteiger partial charge is 0.122 e. The lowest BCUT2D eigenvalue weighted by Gasteiger charge is -2.23. The summed E-state index contributed by atoms with van der Waals surface area (Å²) in [5.74, 6) is 4.03. The maximum absolute atomic E-state index is 6.50. The zero-order valence-electron chi connectivity index (χ0n) is 32.7. The minimum absolute atomic E-state index is 0.0508. The van der Waals surface area contributed by atoms with Gasteiger partial charge in [-0.1, -0.05) is 91.4 Å². The highest BCUT2D eigenvalue weighted by Crippen LogP contribution is 2.30. The fraction of sp³-hybridized carbons (Fsp3) is 0.429. The molecule has 6 rings (SSSR count). The first kappa shape index (κ1) is 39.4. The standard InChI is InChI=1S/C49H60O5/c1-5-44-28-46(45-20-10-38(4)11-21-45)22-27-49(44)54-35-43(31-50-29-39-16-23-47(24-17-39)52-33-41-12-6-36(2)7-13-41)32-51-30-40-18-25-48(26-19-40)53-34-42-14-8-37(3)9-15-42/h10-11,16-28,41-43H,2-3,5-9,12-15,29-35H2,1,4H3. The minimum atomic E-state index is 0.0508. The molecule has 0 radical (unpaired) electrons. The van der Waals surface area contributed by atoms with E-state index in [1.165, 1.54) is 59.1 Å². The van der Waals surface area contributed by atoms with Gasteiger partial charge in [-0.05, 0) is 141 Å². The van der Waals surface area contributed by atoms with Gasteiger partial charge in [-0.15, -0.1) is 0 Å². The van der Waals surface area contributed by atoms with E-state index in [2.05, 4.69) is 118 Å². The van der Waals surface area contributed by atoms with Gasteiger partial charge < -0.3 is 23.7 Å². The summed E-state index contributed by atoms with van der Waals surface area (Å²) < 4.78 is 31.3. The van der Waals surface area contributed by atoms with Crippen LogP contribution in [0.3, 0.4) is 0 Å². The number of allylic oxidation sites excluding steroid dienone is 2. The SMILES string of the molecule is C=C1CCC(COc2ccc(COCC(COCc3ccc(OCC4CCC(=C)CC4)cc3)COc3ccc(-c4ccc(C)cc4)cc3CC)cc2)CC1. The van der Waals surface area contributed by atoms with Gasteiger partial charge in [0.05, 0.1) is 46.2 Å². The van der Waals surface area contributed by atoms with Crippen LogP contribution in [0, 0.1) is 24.7 Å². The van der Waals surface area contributed by atoms with Crippen LogP contribution in [0.2, 0.25) is 0 Å². The van der Waals surface area contributed by atoms with Crippen molar-refractivity contribution < 1.29 is 23.7 Å². The van der Waals surface area contributed by atoms with Crippen LogP contribution in [0.1, 0.15) is 80.5 Å². The van der Waals surface area contributed by atoms with Crippen LogP contribution in [0.4, 0.5) is 0 Å². The number of hydrogen-bond donors (Lipinski definition) is 0. The number of hydrogen-bond acceptors (Lipinski definition) is 5. The number of rotatable bonds is 19. The summed E-state index contributed by atoms with van der Waals surface area (Å²) in [7, 11) is 0. The first-order chi connectivity index (χ1) is 26.4. The lowest BCUT2D eigenvalue weighted by Crippen LogP contribution is -2.23. The number of aryl methyl sites for hydroxylation is 2. The van der Waals surface area contributed by atoms with Gasteiger partial charge in [-0.3, -0.25) is 0 Å². The molecule has 54 heavy (non-hydrogen) atoms. The van der Waals surface area contributed by atoms with Crippen molar-refractivity contribution in [1.29, 1.82) is 0 Å². The number of ether oxygens (including phenoxy) is 5. The van der Waals surface area contributed by atoms with E-state index < -0.39 is 0 Å². The van der Waals surface area contributed by atoms with Crippen molar-refractivity contribution in [2.45, 2.75) is 84.8 Å². The first-order valence-electron chi connectivity index (χ1n) is 20.1. The van der Waals surface area contributed by atoms with Gasteiger partial charge in [0, 0.05) is 5.92 Å². The van der Waals surface area contributed by atoms with Gasteiger partial charge >= 0.3 is 0 Å². The normalized spacial score (nSPS) is 15.5. The number of benzene rings is 4. The Morgan fingerprint density at radius 1 is 0.574 bits per heavy atom. The molecule has 286 valence electrons. The highest BCUT2D eigenvalue weighted by molar-refractivity contribution is 5.66. The molecular weight excluding hydrogens is 669 g/mol. The van der Waals surface area contributed by atoms with Crippen LogP contribution in [0.15, 0.2) is 115 Å². The highest BCUT2D eigenvalue weighted by Gasteiger charge is 2.18. The fourth-order valence-corrected chi connectivity index (χ4v) is 7.26. The van der Waals surface area contributed by atoms with E-state index in [9.17, 15) is 0 Å². The van der Waals surface area contributed by atoms with Gasteiger partial charge in [0.25, 0.3) is 0 Å². The Bertz CT molecular complexity index is 1660. The average molecular weight is 729 g/mol. The lowest BCUT2D eigenvalue weighted by molar-refractivity contribution is 0.00963. The van der Waals surface area contributed by atoms with Crippen molar-refractivity contribution in [2.75, 3.05) is 33.0 Å². The van der Waals surface area contributed by atoms with Crippen molar-refractivity contribution in [2.24, 2.45) is 17.8 Å². The lowest BCUT2D eigenvalue weighted by atomic mass is 9.87. The molecule has 0 aliphatic heterocycles. The Morgan fingerprint density at radius 2 is 1.06 bits per heavy atom. The summed E-state index contributed by atoms with van der Waals surface area (Å²) >= 11 is 0. The first-order valence-corrected chi connectivity index (χ1v) is 20.1. The molecule has 0 N–H and O–H groups in total. The van der Waals surface area contributed by atoms with Gasteiger partial charge in [0.15, 0.2) is 0 Å². The molecular formula is C49H60O5. The topological polar surface area (TPSA) is 46.2 Å². The maximum atomic E-state index is 6.50. The van der Waals surface area contributed by atoms with Crippen LogP contribution >= 0.6 is 0 Å². The van der Waals surface area contributed by atoms with Crippen molar-refractivity contribution >= 4 is 0 Å². The summed E-state index contributed by atoms with van der Waals surface area (Å²) in [5.41, 5.74) is 9.87. The predicted octanol–water partition coefficient (Wildman–Crippen LogP) is 11.9. The van der Waals surface area contributed by atoms with Gasteiger partial charge in [0.1, 0.15) is 17.2 Å². The van der Waals surface area contributed by atoms with E-state index in [0.29, 0.717) is 44.9 Å². The monoisotopic (exact) mass is 728 g/mol. The molecule has 2 aliphatic carbocycles. The Kier molecular flexibility index (Phi) is 14.9. The van der Waals surface area contributed by atoms with Gasteiger partial charge in [-0.25, -0.2) is 0 Å². The summed E-state index contributed by atoms with van der Waals surface area (Å²) in [6, 6.07) is 31.8. The summed E-state index contributed by atoms with van der Waals surface area (Å²) in [6.45, 7) is 16.7. The summed E-state index contributed by atoms with van der Waals surface area (Å²) in [4.78, 5) is 0. The zero-order chi connectivity index (χ0) is 37.5. The molecule has 0 heterocycles. The van der Waals surface area contributed by atoms with Gasteiger partial charge in [-0.2, -0.15) is 0 Å². The molecule has 2 aliphatic rings. The Hall–Kier alpha value is -4.32. The molecule has 0 bridgehead atoms. The van der Waals surface area contributed by atoms with Crippen molar-refractivity contribution in [3.8, 4) is 28.4 Å². The molecule has 5 nitrogen and oxygen atoms in total. The third-order valence-electron chi connectivity index (χ3n) is 11.0. The Labute approximate surface area is 324 Å². The van der Waals surface area contributed by atoms with E-state index >= 15 is 0 Å². The summed E-state index contributed by atoms with van der Waals surface area (Å²) in [6.07, 6.45) is 10.1. The second-order valence-corrected chi connectivity index (χ2v) is 15.5. The van der Waals surface area contributed by atoms with Crippen molar-refractivity contribution in [3.05, 3.63) is 138 Å². The largest absolute Gasteiger partial charge is 0.493 e. The van der Waals surface area contributed by atoms with E-state index in [1.54, 1.807) is 0 Å². The molecule has 0 aromatic heterocycles. The third kappa shape index (κ3) is 12.4. The van der Waals surface area contributed by atoms with Crippen LogP contribution in [0.5, 0.6) is 17.2 Å². The van der Waals surface area contributed by atoms with Crippen molar-refractivity contribution in [1.82, 2.24) is 0 Å². The summed E-state index contributed by atoms with van der Waals surface area (Å²) in [5, 5.41) is 0. The van der Waals surface area contributed by atoms with Crippen LogP contribution in [-0.4, -0.2) is 33.0 Å². The minimum Gasteiger partial charge on any atom is -0.493 e. The quantitative estimate of drug-likeness (QED) is 0.0900. The van der Waals surface area contributed by atoms with E-state index in [4.69, 9.17) is 23.7 Å². The van der Waals surface area contributed by atoms with Gasteiger partial charge in [0.2, 0.25) is 0 Å². The maximum Gasteiger partial charge on any atom is 0.122 e. The second kappa shape index (κ2) is 20.4. The molecule has 0 saturated heterocycles. The predicted molar refractivity (Wildman–Crippen MR) is 220 cm³/mol. The van der Waals surface area contributed by atoms with Crippen LogP contribution in [0.25, 0.3) is 11.1 Å². The van der Waals surface area contributed by atoms with E-state index in [1.807, 2.05) is 0 Å². The van der Waals surface area contributed by atoms with E-state index in [-0.39, 0.29) is 5.92 Å². The third-order valence-corrected chi connectivity index (χ3v) is 11.0.